The average molecular weight is 251 g/mol. The molecule has 3 nitrogen and oxygen atoms in total. The highest BCUT2D eigenvalue weighted by Gasteiger charge is 2.36. The van der Waals surface area contributed by atoms with E-state index >= 15 is 0 Å². The highest BCUT2D eigenvalue weighted by Crippen LogP contribution is 2.28. The Labute approximate surface area is 106 Å². The van der Waals surface area contributed by atoms with Gasteiger partial charge < -0.3 is 10.1 Å². The van der Waals surface area contributed by atoms with Crippen molar-refractivity contribution in [2.24, 2.45) is 0 Å². The predicted molar refractivity (Wildman–Crippen MR) is 67.5 cm³/mol. The molecule has 2 rings (SSSR count). The van der Waals surface area contributed by atoms with Gasteiger partial charge in [0.25, 0.3) is 0 Å². The molecule has 1 unspecified atom stereocenters. The molecular formula is C14H18FNO2. The quantitative estimate of drug-likeness (QED) is 0.839. The molecule has 1 N–H and O–H groups in total. The summed E-state index contributed by atoms with van der Waals surface area (Å²) < 4.78 is 18.4. The number of ether oxygens (including phenoxy) is 1. The summed E-state index contributed by atoms with van der Waals surface area (Å²) in [4.78, 5) is 12.5. The number of ketones is 1. The van der Waals surface area contributed by atoms with Crippen molar-refractivity contribution in [3.05, 3.63) is 29.6 Å². The first-order chi connectivity index (χ1) is 8.57. The molecular weight excluding hydrogens is 233 g/mol. The van der Waals surface area contributed by atoms with E-state index in [1.165, 1.54) is 25.3 Å². The fourth-order valence-electron chi connectivity index (χ4n) is 2.40. The lowest BCUT2D eigenvalue weighted by molar-refractivity contribution is 0.0831. The van der Waals surface area contributed by atoms with Gasteiger partial charge in [0.05, 0.1) is 18.2 Å². The van der Waals surface area contributed by atoms with E-state index in [2.05, 4.69) is 5.32 Å². The first kappa shape index (κ1) is 13.0. The van der Waals surface area contributed by atoms with Crippen molar-refractivity contribution in [2.45, 2.75) is 31.7 Å². The first-order valence-electron chi connectivity index (χ1n) is 6.20. The molecule has 0 saturated carbocycles. The Morgan fingerprint density at radius 3 is 2.83 bits per heavy atom. The Balaban J connectivity index is 2.35. The zero-order valence-corrected chi connectivity index (χ0v) is 10.8. The number of halogens is 1. The molecule has 1 aliphatic rings. The summed E-state index contributed by atoms with van der Waals surface area (Å²) >= 11 is 0. The largest absolute Gasteiger partial charge is 0.496 e. The van der Waals surface area contributed by atoms with Crippen molar-refractivity contribution in [3.8, 4) is 5.75 Å². The van der Waals surface area contributed by atoms with Crippen molar-refractivity contribution in [1.82, 2.24) is 5.32 Å². The van der Waals surface area contributed by atoms with Gasteiger partial charge in [0.1, 0.15) is 11.6 Å². The Hall–Kier alpha value is -1.42. The smallest absolute Gasteiger partial charge is 0.186 e. The molecule has 1 heterocycles. The number of Topliss-reactive ketones (excluding diaryl/α,β-unsaturated/α-hetero) is 1. The van der Waals surface area contributed by atoms with E-state index in [1.807, 2.05) is 6.92 Å². The van der Waals surface area contributed by atoms with E-state index in [-0.39, 0.29) is 5.78 Å². The lowest BCUT2D eigenvalue weighted by atomic mass is 9.83. The van der Waals surface area contributed by atoms with E-state index in [1.54, 1.807) is 0 Å². The molecule has 98 valence electrons. The molecule has 0 aromatic heterocycles. The summed E-state index contributed by atoms with van der Waals surface area (Å²) in [6, 6.07) is 4.05. The number of methoxy groups -OCH3 is 1. The van der Waals surface area contributed by atoms with Crippen molar-refractivity contribution in [2.75, 3.05) is 13.7 Å². The Kier molecular flexibility index (Phi) is 3.66. The fourth-order valence-corrected chi connectivity index (χ4v) is 2.40. The number of piperidine rings is 1. The summed E-state index contributed by atoms with van der Waals surface area (Å²) in [5.41, 5.74) is -0.298. The van der Waals surface area contributed by atoms with Crippen LogP contribution in [0, 0.1) is 5.82 Å². The van der Waals surface area contributed by atoms with Crippen LogP contribution in [0.2, 0.25) is 0 Å². The molecule has 0 radical (unpaired) electrons. The van der Waals surface area contributed by atoms with E-state index in [0.29, 0.717) is 11.3 Å². The second-order valence-electron chi connectivity index (χ2n) is 4.89. The van der Waals surface area contributed by atoms with Gasteiger partial charge in [0.2, 0.25) is 0 Å². The highest BCUT2D eigenvalue weighted by atomic mass is 19.1. The second-order valence-corrected chi connectivity index (χ2v) is 4.89. The third-order valence-corrected chi connectivity index (χ3v) is 3.53. The van der Waals surface area contributed by atoms with Crippen LogP contribution in [0.25, 0.3) is 0 Å². The normalized spacial score (nSPS) is 23.7. The van der Waals surface area contributed by atoms with Crippen LogP contribution in [0.5, 0.6) is 5.75 Å². The molecule has 1 aliphatic heterocycles. The van der Waals surface area contributed by atoms with Crippen LogP contribution in [-0.4, -0.2) is 25.0 Å². The summed E-state index contributed by atoms with van der Waals surface area (Å²) in [5.74, 6) is -0.0906. The maximum absolute atomic E-state index is 13.3. The van der Waals surface area contributed by atoms with Gasteiger partial charge in [0, 0.05) is 0 Å². The molecule has 18 heavy (non-hydrogen) atoms. The second kappa shape index (κ2) is 5.06. The van der Waals surface area contributed by atoms with Crippen LogP contribution in [0.3, 0.4) is 0 Å². The Bertz CT molecular complexity index is 453. The molecule has 0 aliphatic carbocycles. The van der Waals surface area contributed by atoms with Crippen LogP contribution < -0.4 is 10.1 Å². The maximum Gasteiger partial charge on any atom is 0.186 e. The van der Waals surface area contributed by atoms with Crippen LogP contribution in [0.15, 0.2) is 18.2 Å². The number of carbonyl (C=O) groups is 1. The summed E-state index contributed by atoms with van der Waals surface area (Å²) in [7, 11) is 1.49. The molecule has 1 atom stereocenters. The lowest BCUT2D eigenvalue weighted by Crippen LogP contribution is -2.52. The molecule has 1 aromatic rings. The van der Waals surface area contributed by atoms with Crippen LogP contribution >= 0.6 is 0 Å². The van der Waals surface area contributed by atoms with Crippen molar-refractivity contribution in [3.63, 3.8) is 0 Å². The van der Waals surface area contributed by atoms with Crippen molar-refractivity contribution >= 4 is 5.78 Å². The maximum atomic E-state index is 13.3. The highest BCUT2D eigenvalue weighted by molar-refractivity contribution is 6.05. The van der Waals surface area contributed by atoms with E-state index < -0.39 is 11.4 Å². The number of nitrogens with one attached hydrogen (secondary N) is 1. The van der Waals surface area contributed by atoms with Gasteiger partial charge in [-0.3, -0.25) is 4.79 Å². The molecule has 0 spiro atoms. The van der Waals surface area contributed by atoms with Gasteiger partial charge in [-0.15, -0.1) is 0 Å². The third kappa shape index (κ3) is 2.38. The third-order valence-electron chi connectivity index (χ3n) is 3.53. The molecule has 1 fully saturated rings. The number of rotatable bonds is 3. The zero-order valence-electron chi connectivity index (χ0n) is 10.8. The standard InChI is InChI=1S/C14H18FNO2/c1-14(7-3-4-8-16-14)13(17)11-9-10(15)5-6-12(11)18-2/h5-6,9,16H,3-4,7-8H2,1-2H3. The number of hydrogen-bond acceptors (Lipinski definition) is 3. The summed E-state index contributed by atoms with van der Waals surface area (Å²) in [5, 5.41) is 3.24. The van der Waals surface area contributed by atoms with Crippen LogP contribution in [0.4, 0.5) is 4.39 Å². The number of hydrogen-bond donors (Lipinski definition) is 1. The minimum atomic E-state index is -0.612. The van der Waals surface area contributed by atoms with Crippen molar-refractivity contribution < 1.29 is 13.9 Å². The first-order valence-corrected chi connectivity index (χ1v) is 6.20. The SMILES string of the molecule is COc1ccc(F)cc1C(=O)C1(C)CCCCN1. The van der Waals surface area contributed by atoms with E-state index in [0.717, 1.165) is 25.8 Å². The average Bonchev–Trinajstić information content (AvgIpc) is 2.38. The molecule has 0 bridgehead atoms. The molecule has 1 aromatic carbocycles. The molecule has 1 saturated heterocycles. The van der Waals surface area contributed by atoms with Gasteiger partial charge in [-0.2, -0.15) is 0 Å². The zero-order chi connectivity index (χ0) is 13.2. The van der Waals surface area contributed by atoms with Crippen molar-refractivity contribution in [1.29, 1.82) is 0 Å². The van der Waals surface area contributed by atoms with Gasteiger partial charge in [-0.1, -0.05) is 0 Å². The summed E-state index contributed by atoms with van der Waals surface area (Å²) in [6.45, 7) is 2.69. The van der Waals surface area contributed by atoms with Gasteiger partial charge in [-0.05, 0) is 50.9 Å². The van der Waals surface area contributed by atoms with Gasteiger partial charge >= 0.3 is 0 Å². The minimum absolute atomic E-state index is 0.0986. The van der Waals surface area contributed by atoms with Gasteiger partial charge in [0.15, 0.2) is 5.78 Å². The number of benzene rings is 1. The predicted octanol–water partition coefficient (Wildman–Crippen LogP) is 2.55. The van der Waals surface area contributed by atoms with E-state index in [9.17, 15) is 9.18 Å². The minimum Gasteiger partial charge on any atom is -0.496 e. The van der Waals surface area contributed by atoms with E-state index in [4.69, 9.17) is 4.74 Å². The fraction of sp³-hybridized carbons (Fsp3) is 0.500. The topological polar surface area (TPSA) is 38.3 Å². The number of carbonyl (C=O) groups excluding carboxylic acids is 1. The molecule has 4 heteroatoms. The van der Waals surface area contributed by atoms with Gasteiger partial charge in [-0.25, -0.2) is 4.39 Å². The van der Waals surface area contributed by atoms with Crippen LogP contribution in [0.1, 0.15) is 36.5 Å². The summed E-state index contributed by atoms with van der Waals surface area (Å²) in [6.07, 6.45) is 2.85. The Morgan fingerprint density at radius 1 is 1.44 bits per heavy atom. The lowest BCUT2D eigenvalue weighted by Gasteiger charge is -2.33. The monoisotopic (exact) mass is 251 g/mol. The molecule has 0 amide bonds. The van der Waals surface area contributed by atoms with Crippen LogP contribution in [-0.2, 0) is 0 Å². The Morgan fingerprint density at radius 2 is 2.22 bits per heavy atom.